The first-order chi connectivity index (χ1) is 10.5. The summed E-state index contributed by atoms with van der Waals surface area (Å²) >= 11 is 26.4. The Labute approximate surface area is 151 Å². The summed E-state index contributed by atoms with van der Waals surface area (Å²) in [5.74, 6) is 1.46. The zero-order valence-electron chi connectivity index (χ0n) is 10.9. The minimum Gasteiger partial charge on any atom is -0.471 e. The van der Waals surface area contributed by atoms with E-state index >= 15 is 0 Å². The lowest BCUT2D eigenvalue weighted by Gasteiger charge is -2.51. The van der Waals surface area contributed by atoms with E-state index in [9.17, 15) is 0 Å². The largest absolute Gasteiger partial charge is 0.471 e. The Morgan fingerprint density at radius 1 is 0.909 bits per heavy atom. The minimum atomic E-state index is -0.580. The number of fused-ring (bicyclic) bond motifs is 2. The van der Waals surface area contributed by atoms with Crippen LogP contribution in [0.1, 0.15) is 5.56 Å². The molecule has 2 unspecified atom stereocenters. The average molecular weight is 394 g/mol. The van der Waals surface area contributed by atoms with Crippen LogP contribution in [-0.2, 0) is 5.60 Å². The quantitative estimate of drug-likeness (QED) is 0.434. The lowest BCUT2D eigenvalue weighted by atomic mass is 9.94. The molecule has 0 aliphatic carbocycles. The highest BCUT2D eigenvalue weighted by molar-refractivity contribution is 8.01. The van der Waals surface area contributed by atoms with Gasteiger partial charge in [-0.15, -0.1) is 11.8 Å². The molecule has 0 spiro atoms. The topological polar surface area (TPSA) is 18.5 Å². The number of halogens is 4. The van der Waals surface area contributed by atoms with Gasteiger partial charge >= 0.3 is 0 Å². The first kappa shape index (κ1) is 15.1. The molecule has 0 aromatic heterocycles. The van der Waals surface area contributed by atoms with Crippen LogP contribution in [0.15, 0.2) is 30.3 Å². The molecule has 2 aliphatic rings. The van der Waals surface area contributed by atoms with Crippen molar-refractivity contribution in [1.82, 2.24) is 0 Å². The maximum atomic E-state index is 6.29. The molecule has 0 N–H and O–H groups in total. The first-order valence-corrected chi connectivity index (χ1v) is 8.99. The molecule has 2 atom stereocenters. The molecule has 1 fully saturated rings. The molecule has 4 rings (SSSR count). The van der Waals surface area contributed by atoms with Crippen molar-refractivity contribution in [2.24, 2.45) is 0 Å². The van der Waals surface area contributed by atoms with Gasteiger partial charge in [0, 0.05) is 11.3 Å². The maximum Gasteiger partial charge on any atom is 0.189 e. The molecule has 0 bridgehead atoms. The lowest BCUT2D eigenvalue weighted by Crippen LogP contribution is -2.58. The number of hydrogen-bond donors (Lipinski definition) is 0. The molecule has 1 saturated heterocycles. The predicted octanol–water partition coefficient (Wildman–Crippen LogP) is 6.04. The van der Waals surface area contributed by atoms with Gasteiger partial charge in [0.05, 0.1) is 10.0 Å². The molecular weight excluding hydrogens is 386 g/mol. The van der Waals surface area contributed by atoms with Crippen molar-refractivity contribution in [1.29, 1.82) is 0 Å². The Hall–Kier alpha value is -0.450. The third kappa shape index (κ3) is 1.96. The van der Waals surface area contributed by atoms with E-state index < -0.39 is 5.60 Å². The van der Waals surface area contributed by atoms with Gasteiger partial charge in [0.15, 0.2) is 22.5 Å². The monoisotopic (exact) mass is 392 g/mol. The number of hydrogen-bond acceptors (Lipinski definition) is 3. The Morgan fingerprint density at radius 3 is 2.14 bits per heavy atom. The zero-order chi connectivity index (χ0) is 15.5. The second kappa shape index (κ2) is 5.29. The van der Waals surface area contributed by atoms with Gasteiger partial charge in [-0.1, -0.05) is 76.7 Å². The smallest absolute Gasteiger partial charge is 0.189 e. The zero-order valence-corrected chi connectivity index (χ0v) is 14.7. The van der Waals surface area contributed by atoms with E-state index in [0.29, 0.717) is 11.5 Å². The van der Waals surface area contributed by atoms with Crippen LogP contribution in [0.2, 0.25) is 20.1 Å². The Balaban J connectivity index is 1.88. The highest BCUT2D eigenvalue weighted by Crippen LogP contribution is 2.60. The number of thioether (sulfide) groups is 1. The molecule has 2 aliphatic heterocycles. The predicted molar refractivity (Wildman–Crippen MR) is 92.1 cm³/mol. The van der Waals surface area contributed by atoms with Crippen molar-refractivity contribution in [3.63, 3.8) is 0 Å². The van der Waals surface area contributed by atoms with Crippen molar-refractivity contribution >= 4 is 58.2 Å². The summed E-state index contributed by atoms with van der Waals surface area (Å²) in [4.78, 5) is 0. The second-order valence-electron chi connectivity index (χ2n) is 5.03. The van der Waals surface area contributed by atoms with Crippen molar-refractivity contribution in [3.05, 3.63) is 56.0 Å². The number of benzene rings is 2. The van der Waals surface area contributed by atoms with Crippen LogP contribution >= 0.6 is 58.2 Å². The Morgan fingerprint density at radius 2 is 1.55 bits per heavy atom. The third-order valence-corrected chi connectivity index (χ3v) is 6.93. The molecule has 0 saturated carbocycles. The van der Waals surface area contributed by atoms with Gasteiger partial charge in [-0.3, -0.25) is 0 Å². The molecule has 2 aromatic rings. The summed E-state index contributed by atoms with van der Waals surface area (Å²) in [6.07, 6.45) is 0. The Bertz CT molecular complexity index is 768. The van der Waals surface area contributed by atoms with Crippen LogP contribution in [0, 0.1) is 0 Å². The molecule has 0 amide bonds. The SMILES string of the molecule is Clc1c(Cl)c(Cl)c2c(c1Cl)OC1SCC1(c1ccccc1)O2. The fraction of sp³-hybridized carbons (Fsp3) is 0.200. The minimum absolute atomic E-state index is 0.171. The van der Waals surface area contributed by atoms with Crippen LogP contribution in [0.4, 0.5) is 0 Å². The van der Waals surface area contributed by atoms with E-state index in [4.69, 9.17) is 55.9 Å². The Kier molecular flexibility index (Phi) is 3.63. The summed E-state index contributed by atoms with van der Waals surface area (Å²) in [7, 11) is 0. The van der Waals surface area contributed by atoms with E-state index in [2.05, 4.69) is 0 Å². The number of rotatable bonds is 1. The normalized spacial score (nSPS) is 25.4. The molecule has 114 valence electrons. The second-order valence-corrected chi connectivity index (χ2v) is 7.59. The summed E-state index contributed by atoms with van der Waals surface area (Å²) in [6.45, 7) is 0. The molecule has 2 nitrogen and oxygen atoms in total. The maximum absolute atomic E-state index is 6.29. The van der Waals surface area contributed by atoms with E-state index in [0.717, 1.165) is 11.3 Å². The van der Waals surface area contributed by atoms with Gasteiger partial charge in [-0.05, 0) is 0 Å². The summed E-state index contributed by atoms with van der Waals surface area (Å²) in [6, 6.07) is 9.90. The molecule has 0 radical (unpaired) electrons. The van der Waals surface area contributed by atoms with E-state index in [1.807, 2.05) is 30.3 Å². The summed E-state index contributed by atoms with van der Waals surface area (Å²) < 4.78 is 12.3. The van der Waals surface area contributed by atoms with Crippen LogP contribution in [0.25, 0.3) is 0 Å². The van der Waals surface area contributed by atoms with E-state index in [1.54, 1.807) is 11.8 Å². The van der Waals surface area contributed by atoms with Crippen molar-refractivity contribution in [2.75, 3.05) is 5.75 Å². The van der Waals surface area contributed by atoms with E-state index in [1.165, 1.54) is 0 Å². The van der Waals surface area contributed by atoms with Gasteiger partial charge in [0.1, 0.15) is 10.0 Å². The lowest BCUT2D eigenvalue weighted by molar-refractivity contribution is -0.0287. The van der Waals surface area contributed by atoms with Crippen LogP contribution in [0.5, 0.6) is 11.5 Å². The van der Waals surface area contributed by atoms with Crippen molar-refractivity contribution in [2.45, 2.75) is 11.0 Å². The summed E-state index contributed by atoms with van der Waals surface area (Å²) in [5.41, 5.74) is 0.249. The third-order valence-electron chi connectivity index (χ3n) is 3.78. The van der Waals surface area contributed by atoms with Crippen LogP contribution in [-0.4, -0.2) is 11.2 Å². The van der Waals surface area contributed by atoms with Gasteiger partial charge in [0.25, 0.3) is 0 Å². The highest BCUT2D eigenvalue weighted by Gasteiger charge is 2.57. The van der Waals surface area contributed by atoms with Gasteiger partial charge in [-0.2, -0.15) is 0 Å². The standard InChI is InChI=1S/C15H8Cl4O2S/c16-8-9(17)11(19)13-12(10(8)18)20-14-15(21-13,6-22-14)7-4-2-1-3-5-7/h1-5,14H,6H2. The fourth-order valence-corrected chi connectivity index (χ4v) is 4.67. The van der Waals surface area contributed by atoms with Gasteiger partial charge in [0.2, 0.25) is 0 Å². The van der Waals surface area contributed by atoms with E-state index in [-0.39, 0.29) is 25.5 Å². The molecule has 2 heterocycles. The molecule has 2 aromatic carbocycles. The highest BCUT2D eigenvalue weighted by atomic mass is 35.5. The van der Waals surface area contributed by atoms with Crippen molar-refractivity contribution in [3.8, 4) is 11.5 Å². The van der Waals surface area contributed by atoms with Gasteiger partial charge in [-0.25, -0.2) is 0 Å². The van der Waals surface area contributed by atoms with Gasteiger partial charge < -0.3 is 9.47 Å². The first-order valence-electron chi connectivity index (χ1n) is 6.43. The average Bonchev–Trinajstić information content (AvgIpc) is 2.53. The molecular formula is C15H8Cl4O2S. The van der Waals surface area contributed by atoms with Crippen LogP contribution in [0.3, 0.4) is 0 Å². The van der Waals surface area contributed by atoms with Crippen molar-refractivity contribution < 1.29 is 9.47 Å². The fourth-order valence-electron chi connectivity index (χ4n) is 2.59. The molecule has 22 heavy (non-hydrogen) atoms. The number of ether oxygens (including phenoxy) is 2. The molecule has 7 heteroatoms. The summed E-state index contributed by atoms with van der Waals surface area (Å²) in [5, 5.41) is 0.786. The van der Waals surface area contributed by atoms with Crippen LogP contribution < -0.4 is 9.47 Å².